The van der Waals surface area contributed by atoms with Gasteiger partial charge in [0.05, 0.1) is 6.54 Å². The van der Waals surface area contributed by atoms with E-state index in [1.165, 1.54) is 5.56 Å². The van der Waals surface area contributed by atoms with Crippen molar-refractivity contribution in [2.24, 2.45) is 4.99 Å². The summed E-state index contributed by atoms with van der Waals surface area (Å²) in [5.41, 5.74) is 2.45. The fourth-order valence-electron chi connectivity index (χ4n) is 1.57. The zero-order valence-corrected chi connectivity index (χ0v) is 9.25. The number of nitrogens with one attached hydrogen (secondary N) is 2. The third-order valence-electron chi connectivity index (χ3n) is 2.51. The van der Waals surface area contributed by atoms with Gasteiger partial charge in [-0.1, -0.05) is 26.0 Å². The van der Waals surface area contributed by atoms with Crippen LogP contribution in [0.3, 0.4) is 0 Å². The van der Waals surface area contributed by atoms with Gasteiger partial charge in [-0.15, -0.1) is 0 Å². The molecule has 2 N–H and O–H groups in total. The second-order valence-corrected chi connectivity index (χ2v) is 4.06. The van der Waals surface area contributed by atoms with Gasteiger partial charge in [0.15, 0.2) is 5.96 Å². The predicted octanol–water partition coefficient (Wildman–Crippen LogP) is 2.18. The van der Waals surface area contributed by atoms with Crippen LogP contribution in [0.15, 0.2) is 29.3 Å². The van der Waals surface area contributed by atoms with Gasteiger partial charge in [-0.3, -0.25) is 4.99 Å². The van der Waals surface area contributed by atoms with E-state index >= 15 is 0 Å². The van der Waals surface area contributed by atoms with Crippen molar-refractivity contribution in [3.8, 4) is 0 Å². The van der Waals surface area contributed by atoms with Crippen LogP contribution in [-0.4, -0.2) is 19.0 Å². The molecule has 0 saturated heterocycles. The molecule has 0 aromatic heterocycles. The van der Waals surface area contributed by atoms with Crippen molar-refractivity contribution in [2.45, 2.75) is 19.8 Å². The Hall–Kier alpha value is -1.51. The molecule has 1 heterocycles. The Balaban J connectivity index is 2.03. The third-order valence-corrected chi connectivity index (χ3v) is 2.51. The molecule has 0 saturated carbocycles. The van der Waals surface area contributed by atoms with Crippen LogP contribution < -0.4 is 10.6 Å². The molecule has 3 nitrogen and oxygen atoms in total. The molecule has 1 aliphatic rings. The highest BCUT2D eigenvalue weighted by Gasteiger charge is 2.04. The van der Waals surface area contributed by atoms with Crippen LogP contribution in [-0.2, 0) is 0 Å². The standard InChI is InChI=1S/C12H17N3/c1-9(2)10-3-5-11(6-4-10)15-12-13-7-8-14-12/h3-6,9H,7-8H2,1-2H3,(H2,13,14,15). The van der Waals surface area contributed by atoms with E-state index in [1.54, 1.807) is 0 Å². The maximum absolute atomic E-state index is 4.28. The van der Waals surface area contributed by atoms with E-state index in [0.717, 1.165) is 24.7 Å². The van der Waals surface area contributed by atoms with E-state index < -0.39 is 0 Å². The summed E-state index contributed by atoms with van der Waals surface area (Å²) < 4.78 is 0. The number of benzene rings is 1. The van der Waals surface area contributed by atoms with Crippen molar-refractivity contribution in [3.05, 3.63) is 29.8 Å². The number of hydrogen-bond acceptors (Lipinski definition) is 3. The summed E-state index contributed by atoms with van der Waals surface area (Å²) in [5.74, 6) is 1.47. The van der Waals surface area contributed by atoms with E-state index in [4.69, 9.17) is 0 Å². The van der Waals surface area contributed by atoms with Crippen molar-refractivity contribution in [3.63, 3.8) is 0 Å². The van der Waals surface area contributed by atoms with Gasteiger partial charge in [-0.25, -0.2) is 0 Å². The number of nitrogens with zero attached hydrogens (tertiary/aromatic N) is 1. The first-order valence-corrected chi connectivity index (χ1v) is 5.41. The third kappa shape index (κ3) is 2.49. The van der Waals surface area contributed by atoms with Crippen LogP contribution in [0.5, 0.6) is 0 Å². The summed E-state index contributed by atoms with van der Waals surface area (Å²) >= 11 is 0. The molecule has 3 heteroatoms. The number of hydrogen-bond donors (Lipinski definition) is 2. The molecule has 1 aromatic rings. The molecule has 1 aliphatic heterocycles. The summed E-state index contributed by atoms with van der Waals surface area (Å²) in [5, 5.41) is 6.43. The van der Waals surface area contributed by atoms with E-state index in [9.17, 15) is 0 Å². The molecule has 0 unspecified atom stereocenters. The molecule has 0 bridgehead atoms. The van der Waals surface area contributed by atoms with Crippen LogP contribution in [0.2, 0.25) is 0 Å². The zero-order chi connectivity index (χ0) is 10.7. The van der Waals surface area contributed by atoms with Gasteiger partial charge in [0.25, 0.3) is 0 Å². The second-order valence-electron chi connectivity index (χ2n) is 4.06. The fraction of sp³-hybridized carbons (Fsp3) is 0.417. The Morgan fingerprint density at radius 1 is 1.27 bits per heavy atom. The topological polar surface area (TPSA) is 36.4 Å². The quantitative estimate of drug-likeness (QED) is 0.773. The SMILES string of the molecule is CC(C)c1ccc(NC2=NCCN2)cc1. The molecular weight excluding hydrogens is 186 g/mol. The largest absolute Gasteiger partial charge is 0.354 e. The Labute approximate surface area is 90.6 Å². The van der Waals surface area contributed by atoms with Crippen molar-refractivity contribution in [1.82, 2.24) is 5.32 Å². The van der Waals surface area contributed by atoms with Crippen molar-refractivity contribution in [2.75, 3.05) is 18.4 Å². The van der Waals surface area contributed by atoms with E-state index in [-0.39, 0.29) is 0 Å². The molecule has 0 radical (unpaired) electrons. The Morgan fingerprint density at radius 2 is 2.00 bits per heavy atom. The Morgan fingerprint density at radius 3 is 2.53 bits per heavy atom. The summed E-state index contributed by atoms with van der Waals surface area (Å²) in [6.45, 7) is 6.20. The van der Waals surface area contributed by atoms with Crippen LogP contribution in [0.4, 0.5) is 5.69 Å². The van der Waals surface area contributed by atoms with Crippen LogP contribution in [0.25, 0.3) is 0 Å². The maximum Gasteiger partial charge on any atom is 0.195 e. The minimum Gasteiger partial charge on any atom is -0.354 e. The molecule has 0 atom stereocenters. The molecule has 0 aliphatic carbocycles. The van der Waals surface area contributed by atoms with Gasteiger partial charge < -0.3 is 10.6 Å². The van der Waals surface area contributed by atoms with E-state index in [2.05, 4.69) is 53.7 Å². The summed E-state index contributed by atoms with van der Waals surface area (Å²) in [6, 6.07) is 8.50. The van der Waals surface area contributed by atoms with Crippen molar-refractivity contribution >= 4 is 11.6 Å². The molecule has 0 amide bonds. The first-order chi connectivity index (χ1) is 7.25. The van der Waals surface area contributed by atoms with Gasteiger partial charge in [0, 0.05) is 12.2 Å². The number of aliphatic imine (C=N–C) groups is 1. The Bertz CT molecular complexity index is 352. The molecule has 0 fully saturated rings. The van der Waals surface area contributed by atoms with E-state index in [0.29, 0.717) is 5.92 Å². The number of rotatable bonds is 2. The van der Waals surface area contributed by atoms with Gasteiger partial charge in [0.1, 0.15) is 0 Å². The van der Waals surface area contributed by atoms with Gasteiger partial charge in [0.2, 0.25) is 0 Å². The number of guanidine groups is 1. The molecular formula is C12H17N3. The van der Waals surface area contributed by atoms with Gasteiger partial charge >= 0.3 is 0 Å². The average Bonchev–Trinajstić information content (AvgIpc) is 2.71. The maximum atomic E-state index is 4.28. The summed E-state index contributed by atoms with van der Waals surface area (Å²) in [4.78, 5) is 4.28. The molecule has 80 valence electrons. The lowest BCUT2D eigenvalue weighted by Crippen LogP contribution is -2.26. The minimum absolute atomic E-state index is 0.584. The van der Waals surface area contributed by atoms with Crippen LogP contribution in [0.1, 0.15) is 25.3 Å². The zero-order valence-electron chi connectivity index (χ0n) is 9.25. The molecule has 1 aromatic carbocycles. The van der Waals surface area contributed by atoms with Crippen molar-refractivity contribution < 1.29 is 0 Å². The van der Waals surface area contributed by atoms with Crippen molar-refractivity contribution in [1.29, 1.82) is 0 Å². The second kappa shape index (κ2) is 4.34. The van der Waals surface area contributed by atoms with Crippen LogP contribution >= 0.6 is 0 Å². The normalized spacial score (nSPS) is 15.0. The monoisotopic (exact) mass is 203 g/mol. The smallest absolute Gasteiger partial charge is 0.195 e. The van der Waals surface area contributed by atoms with Gasteiger partial charge in [-0.2, -0.15) is 0 Å². The lowest BCUT2D eigenvalue weighted by Gasteiger charge is -2.09. The van der Waals surface area contributed by atoms with Gasteiger partial charge in [-0.05, 0) is 23.6 Å². The highest BCUT2D eigenvalue weighted by molar-refractivity contribution is 5.94. The predicted molar refractivity (Wildman–Crippen MR) is 64.5 cm³/mol. The summed E-state index contributed by atoms with van der Waals surface area (Å²) in [7, 11) is 0. The first kappa shape index (κ1) is 10.0. The molecule has 2 rings (SSSR count). The highest BCUT2D eigenvalue weighted by atomic mass is 15.2. The van der Waals surface area contributed by atoms with Crippen LogP contribution in [0, 0.1) is 0 Å². The number of anilines is 1. The lowest BCUT2D eigenvalue weighted by atomic mass is 10.0. The lowest BCUT2D eigenvalue weighted by molar-refractivity contribution is 0.867. The highest BCUT2D eigenvalue weighted by Crippen LogP contribution is 2.17. The average molecular weight is 203 g/mol. The Kier molecular flexibility index (Phi) is 2.90. The summed E-state index contributed by atoms with van der Waals surface area (Å²) in [6.07, 6.45) is 0. The first-order valence-electron chi connectivity index (χ1n) is 5.41. The molecule has 15 heavy (non-hydrogen) atoms. The van der Waals surface area contributed by atoms with E-state index in [1.807, 2.05) is 0 Å². The molecule has 0 spiro atoms. The fourth-order valence-corrected chi connectivity index (χ4v) is 1.57. The minimum atomic E-state index is 0.584.